The summed E-state index contributed by atoms with van der Waals surface area (Å²) in [6.07, 6.45) is 0.629. The highest BCUT2D eigenvalue weighted by Gasteiger charge is 2.25. The van der Waals surface area contributed by atoms with Gasteiger partial charge in [-0.1, -0.05) is 6.58 Å². The van der Waals surface area contributed by atoms with Crippen molar-refractivity contribution in [2.24, 2.45) is 0 Å². The normalized spacial score (nSPS) is 14.7. The number of carbonyl (C=O) groups excluding carboxylic acids is 2. The molecule has 1 heterocycles. The smallest absolute Gasteiger partial charge is 0.410 e. The molecule has 0 aromatic carbocycles. The fourth-order valence-corrected chi connectivity index (χ4v) is 1.47. The minimum absolute atomic E-state index is 0.0730. The van der Waals surface area contributed by atoms with Crippen molar-refractivity contribution in [2.45, 2.75) is 26.4 Å². The lowest BCUT2D eigenvalue weighted by atomic mass is 10.2. The third-order valence-electron chi connectivity index (χ3n) is 2.13. The number of halogens is 1. The van der Waals surface area contributed by atoms with Crippen LogP contribution in [0.4, 0.5) is 9.18 Å². The van der Waals surface area contributed by atoms with Crippen molar-refractivity contribution in [3.8, 4) is 0 Å². The van der Waals surface area contributed by atoms with Crippen LogP contribution in [-0.4, -0.2) is 42.3 Å². The molecule has 19 heavy (non-hydrogen) atoms. The van der Waals surface area contributed by atoms with Crippen molar-refractivity contribution in [2.75, 3.05) is 19.7 Å². The van der Waals surface area contributed by atoms with Crippen molar-refractivity contribution >= 4 is 12.1 Å². The number of cyclic esters (lactones) is 1. The largest absolute Gasteiger partial charge is 0.458 e. The van der Waals surface area contributed by atoms with Gasteiger partial charge in [-0.3, -0.25) is 4.90 Å². The van der Waals surface area contributed by atoms with Crippen LogP contribution in [0.1, 0.15) is 20.8 Å². The van der Waals surface area contributed by atoms with Crippen LogP contribution >= 0.6 is 0 Å². The molecule has 0 saturated carbocycles. The first-order valence-electron chi connectivity index (χ1n) is 5.85. The molecule has 6 heteroatoms. The Hall–Kier alpha value is -1.85. The Labute approximate surface area is 111 Å². The van der Waals surface area contributed by atoms with Crippen LogP contribution in [0, 0.1) is 0 Å². The summed E-state index contributed by atoms with van der Waals surface area (Å²) >= 11 is 0. The van der Waals surface area contributed by atoms with Crippen molar-refractivity contribution in [1.29, 1.82) is 0 Å². The maximum absolute atomic E-state index is 12.9. The van der Waals surface area contributed by atoms with Crippen LogP contribution < -0.4 is 0 Å². The number of nitrogens with zero attached hydrogens (tertiary/aromatic N) is 1. The van der Waals surface area contributed by atoms with Crippen molar-refractivity contribution in [3.63, 3.8) is 0 Å². The van der Waals surface area contributed by atoms with E-state index in [4.69, 9.17) is 9.47 Å². The molecule has 0 atom stereocenters. The molecule has 1 aliphatic rings. The van der Waals surface area contributed by atoms with E-state index < -0.39 is 23.5 Å². The molecule has 5 nitrogen and oxygen atoms in total. The Bertz CT molecular complexity index is 423. The highest BCUT2D eigenvalue weighted by Crippen LogP contribution is 2.14. The predicted molar refractivity (Wildman–Crippen MR) is 67.1 cm³/mol. The Balaban J connectivity index is 2.71. The van der Waals surface area contributed by atoms with Crippen molar-refractivity contribution in [1.82, 2.24) is 4.90 Å². The van der Waals surface area contributed by atoms with Crippen molar-refractivity contribution < 1.29 is 23.5 Å². The molecule has 1 rings (SSSR count). The third kappa shape index (κ3) is 5.54. The number of esters is 1. The van der Waals surface area contributed by atoms with E-state index in [2.05, 4.69) is 6.58 Å². The van der Waals surface area contributed by atoms with Crippen LogP contribution in [0.15, 0.2) is 24.1 Å². The zero-order chi connectivity index (χ0) is 14.6. The number of amides is 1. The molecule has 0 bridgehead atoms. The Morgan fingerprint density at radius 1 is 1.58 bits per heavy atom. The number of ether oxygens (including phenoxy) is 2. The summed E-state index contributed by atoms with van der Waals surface area (Å²) in [4.78, 5) is 24.0. The fourth-order valence-electron chi connectivity index (χ4n) is 1.47. The summed E-state index contributed by atoms with van der Waals surface area (Å²) in [5.41, 5.74) is -0.0827. The van der Waals surface area contributed by atoms with Gasteiger partial charge in [-0.15, -0.1) is 0 Å². The van der Waals surface area contributed by atoms with E-state index in [9.17, 15) is 14.0 Å². The van der Waals surface area contributed by atoms with Gasteiger partial charge in [0.05, 0.1) is 6.54 Å². The van der Waals surface area contributed by atoms with Crippen LogP contribution in [0.25, 0.3) is 0 Å². The molecule has 0 fully saturated rings. The molecule has 0 radical (unpaired) electrons. The van der Waals surface area contributed by atoms with E-state index in [-0.39, 0.29) is 19.7 Å². The quantitative estimate of drug-likeness (QED) is 0.735. The maximum atomic E-state index is 12.9. The molecule has 106 valence electrons. The summed E-state index contributed by atoms with van der Waals surface area (Å²) in [5.74, 6) is -1.12. The van der Waals surface area contributed by atoms with Gasteiger partial charge in [0, 0.05) is 12.6 Å². The Kier molecular flexibility index (Phi) is 4.69. The van der Waals surface area contributed by atoms with Gasteiger partial charge in [0.15, 0.2) is 0 Å². The first-order valence-corrected chi connectivity index (χ1v) is 5.85. The summed E-state index contributed by atoms with van der Waals surface area (Å²) < 4.78 is 22.8. The standard InChI is InChI=1S/C13H18FNO4/c1-9(14)6-15(12(17)19-13(2,3)4)7-10-5-11(16)18-8-10/h5H,1,6-8H2,2-4H3. The molecule has 1 aliphatic heterocycles. The minimum Gasteiger partial charge on any atom is -0.458 e. The lowest BCUT2D eigenvalue weighted by molar-refractivity contribution is -0.134. The van der Waals surface area contributed by atoms with E-state index in [1.165, 1.54) is 6.08 Å². The molecule has 0 saturated heterocycles. The lowest BCUT2D eigenvalue weighted by Gasteiger charge is -2.27. The highest BCUT2D eigenvalue weighted by atomic mass is 19.1. The minimum atomic E-state index is -0.677. The van der Waals surface area contributed by atoms with E-state index >= 15 is 0 Å². The van der Waals surface area contributed by atoms with Gasteiger partial charge in [-0.25, -0.2) is 14.0 Å². The molecule has 0 N–H and O–H groups in total. The molecule has 0 aromatic rings. The van der Waals surface area contributed by atoms with Crippen molar-refractivity contribution in [3.05, 3.63) is 24.1 Å². The fraction of sp³-hybridized carbons (Fsp3) is 0.538. The van der Waals surface area contributed by atoms with Gasteiger partial charge >= 0.3 is 12.1 Å². The van der Waals surface area contributed by atoms with Gasteiger partial charge < -0.3 is 9.47 Å². The highest BCUT2D eigenvalue weighted by molar-refractivity contribution is 5.85. The second kappa shape index (κ2) is 5.86. The van der Waals surface area contributed by atoms with Gasteiger partial charge in [0.1, 0.15) is 18.0 Å². The number of rotatable bonds is 4. The second-order valence-corrected chi connectivity index (χ2v) is 5.26. The van der Waals surface area contributed by atoms with Gasteiger partial charge in [-0.05, 0) is 26.3 Å². The summed E-state index contributed by atoms with van der Waals surface area (Å²) in [5, 5.41) is 0. The molecule has 0 spiro atoms. The van der Waals surface area contributed by atoms with Crippen LogP contribution in [0.2, 0.25) is 0 Å². The van der Waals surface area contributed by atoms with Gasteiger partial charge in [0.2, 0.25) is 0 Å². The van der Waals surface area contributed by atoms with E-state index in [1.807, 2.05) is 0 Å². The zero-order valence-corrected chi connectivity index (χ0v) is 11.4. The Morgan fingerprint density at radius 3 is 2.63 bits per heavy atom. The average molecular weight is 271 g/mol. The van der Waals surface area contributed by atoms with Crippen LogP contribution in [0.3, 0.4) is 0 Å². The lowest BCUT2D eigenvalue weighted by Crippen LogP contribution is -2.38. The first-order chi connectivity index (χ1) is 8.67. The molecule has 0 aromatic heterocycles. The van der Waals surface area contributed by atoms with Crippen LogP contribution in [-0.2, 0) is 14.3 Å². The van der Waals surface area contributed by atoms with Crippen LogP contribution in [0.5, 0.6) is 0 Å². The first kappa shape index (κ1) is 15.2. The topological polar surface area (TPSA) is 55.8 Å². The SMILES string of the molecule is C=C(F)CN(CC1=CC(=O)OC1)C(=O)OC(C)(C)C. The molecule has 1 amide bonds. The zero-order valence-electron chi connectivity index (χ0n) is 11.4. The summed E-state index contributed by atoms with van der Waals surface area (Å²) in [7, 11) is 0. The second-order valence-electron chi connectivity index (χ2n) is 5.26. The molecule has 0 unspecified atom stereocenters. The summed E-state index contributed by atoms with van der Waals surface area (Å²) in [6.45, 7) is 8.18. The van der Waals surface area contributed by atoms with E-state index in [0.717, 1.165) is 4.90 Å². The monoisotopic (exact) mass is 271 g/mol. The maximum Gasteiger partial charge on any atom is 0.410 e. The van der Waals surface area contributed by atoms with E-state index in [1.54, 1.807) is 20.8 Å². The Morgan fingerprint density at radius 2 is 2.21 bits per heavy atom. The molecular formula is C13H18FNO4. The predicted octanol–water partition coefficient (Wildman–Crippen LogP) is 2.19. The van der Waals surface area contributed by atoms with Gasteiger partial charge in [0.25, 0.3) is 0 Å². The number of hydrogen-bond donors (Lipinski definition) is 0. The van der Waals surface area contributed by atoms with Gasteiger partial charge in [-0.2, -0.15) is 0 Å². The molecule has 0 aliphatic carbocycles. The van der Waals surface area contributed by atoms with E-state index in [0.29, 0.717) is 5.57 Å². The number of carbonyl (C=O) groups is 2. The summed E-state index contributed by atoms with van der Waals surface area (Å²) in [6, 6.07) is 0. The average Bonchev–Trinajstić information content (AvgIpc) is 2.59. The number of hydrogen-bond acceptors (Lipinski definition) is 4. The third-order valence-corrected chi connectivity index (χ3v) is 2.13. The molecular weight excluding hydrogens is 253 g/mol.